The second-order valence-electron chi connectivity index (χ2n) is 7.61. The van der Waals surface area contributed by atoms with Crippen LogP contribution in [0.15, 0.2) is 47.4 Å². The summed E-state index contributed by atoms with van der Waals surface area (Å²) in [5, 5.41) is 11.8. The Kier molecular flexibility index (Phi) is 6.43. The third kappa shape index (κ3) is 5.08. The third-order valence-electron chi connectivity index (χ3n) is 4.97. The van der Waals surface area contributed by atoms with E-state index in [1.54, 1.807) is 6.07 Å². The molecule has 0 fully saturated rings. The topological polar surface area (TPSA) is 107 Å². The Bertz CT molecular complexity index is 1220. The molecular formula is C22H23N3O5S2. The summed E-state index contributed by atoms with van der Waals surface area (Å²) in [4.78, 5) is 12.4. The van der Waals surface area contributed by atoms with Gasteiger partial charge in [-0.05, 0) is 23.6 Å². The van der Waals surface area contributed by atoms with Crippen molar-refractivity contribution in [2.45, 2.75) is 31.1 Å². The van der Waals surface area contributed by atoms with E-state index in [-0.39, 0.29) is 17.1 Å². The first kappa shape index (κ1) is 22.2. The van der Waals surface area contributed by atoms with Crippen molar-refractivity contribution in [2.75, 3.05) is 24.3 Å². The van der Waals surface area contributed by atoms with E-state index in [4.69, 9.17) is 9.47 Å². The molecule has 0 saturated heterocycles. The summed E-state index contributed by atoms with van der Waals surface area (Å²) in [6.45, 7) is 5.05. The maximum absolute atomic E-state index is 12.6. The second-order valence-corrected chi connectivity index (χ2v) is 10.7. The number of sulfone groups is 1. The molecule has 8 nitrogen and oxygen atoms in total. The smallest absolute Gasteiger partial charge is 0.227 e. The van der Waals surface area contributed by atoms with Crippen molar-refractivity contribution in [3.8, 4) is 22.1 Å². The minimum atomic E-state index is -3.66. The molecule has 168 valence electrons. The normalized spacial score (nSPS) is 13.2. The van der Waals surface area contributed by atoms with Gasteiger partial charge >= 0.3 is 0 Å². The van der Waals surface area contributed by atoms with Crippen molar-refractivity contribution in [3.63, 3.8) is 0 Å². The molecular weight excluding hydrogens is 450 g/mol. The molecule has 4 rings (SSSR count). The number of anilines is 1. The summed E-state index contributed by atoms with van der Waals surface area (Å²) in [7, 11) is -3.66. The van der Waals surface area contributed by atoms with Gasteiger partial charge in [-0.15, -0.1) is 10.2 Å². The van der Waals surface area contributed by atoms with Crippen LogP contribution in [-0.4, -0.2) is 43.5 Å². The number of aromatic nitrogens is 2. The van der Waals surface area contributed by atoms with Crippen LogP contribution in [0.5, 0.6) is 11.5 Å². The fourth-order valence-electron chi connectivity index (χ4n) is 3.14. The minimum absolute atomic E-state index is 0.0950. The summed E-state index contributed by atoms with van der Waals surface area (Å²) in [5.74, 6) is 0.569. The fourth-order valence-corrected chi connectivity index (χ4v) is 5.16. The van der Waals surface area contributed by atoms with E-state index in [1.807, 2.05) is 24.3 Å². The lowest BCUT2D eigenvalue weighted by Gasteiger charge is -2.18. The summed E-state index contributed by atoms with van der Waals surface area (Å²) < 4.78 is 36.1. The van der Waals surface area contributed by atoms with E-state index in [0.717, 1.165) is 5.56 Å². The number of nitrogens with one attached hydrogen (secondary N) is 1. The highest BCUT2D eigenvalue weighted by atomic mass is 32.2. The zero-order valence-electron chi connectivity index (χ0n) is 17.7. The minimum Gasteiger partial charge on any atom is -0.486 e. The molecule has 3 aromatic rings. The van der Waals surface area contributed by atoms with Crippen LogP contribution in [0.3, 0.4) is 0 Å². The number of benzene rings is 2. The van der Waals surface area contributed by atoms with Crippen LogP contribution in [0, 0.1) is 0 Å². The van der Waals surface area contributed by atoms with Crippen LogP contribution in [0.25, 0.3) is 10.6 Å². The zero-order valence-corrected chi connectivity index (χ0v) is 19.3. The highest BCUT2D eigenvalue weighted by Gasteiger charge is 2.21. The number of ether oxygens (including phenoxy) is 2. The first-order chi connectivity index (χ1) is 15.3. The average molecular weight is 474 g/mol. The molecule has 10 heteroatoms. The average Bonchev–Trinajstić information content (AvgIpc) is 3.26. The molecule has 0 radical (unpaired) electrons. The van der Waals surface area contributed by atoms with Crippen molar-refractivity contribution in [3.05, 3.63) is 48.0 Å². The van der Waals surface area contributed by atoms with Gasteiger partial charge in [0.1, 0.15) is 18.2 Å². The van der Waals surface area contributed by atoms with Crippen molar-refractivity contribution in [2.24, 2.45) is 0 Å². The number of hydrogen-bond donors (Lipinski definition) is 1. The first-order valence-corrected chi connectivity index (χ1v) is 12.6. The first-order valence-electron chi connectivity index (χ1n) is 10.2. The summed E-state index contributed by atoms with van der Waals surface area (Å²) in [6, 6.07) is 12.5. The largest absolute Gasteiger partial charge is 0.486 e. The quantitative estimate of drug-likeness (QED) is 0.554. The van der Waals surface area contributed by atoms with Gasteiger partial charge < -0.3 is 14.8 Å². The molecule has 0 aliphatic carbocycles. The highest BCUT2D eigenvalue weighted by molar-refractivity contribution is 7.91. The molecule has 1 N–H and O–H groups in total. The highest BCUT2D eigenvalue weighted by Crippen LogP contribution is 2.33. The van der Waals surface area contributed by atoms with Gasteiger partial charge in [-0.3, -0.25) is 4.79 Å². The predicted octanol–water partition coefficient (Wildman–Crippen LogP) is 3.90. The standard InChI is InChI=1S/C22H23N3O5S2/c1-14(2)15-3-5-16(6-4-15)21-24-25-22(31-21)23-20(26)9-12-32(27,28)17-7-8-18-19(13-17)30-11-10-29-18/h3-8,13-14H,9-12H2,1-2H3,(H,23,25,26). The van der Waals surface area contributed by atoms with E-state index in [2.05, 4.69) is 29.4 Å². The molecule has 1 amide bonds. The summed E-state index contributed by atoms with van der Waals surface area (Å²) in [6.07, 6.45) is -0.200. The lowest BCUT2D eigenvalue weighted by atomic mass is 10.0. The molecule has 0 saturated carbocycles. The van der Waals surface area contributed by atoms with E-state index >= 15 is 0 Å². The Balaban J connectivity index is 1.36. The van der Waals surface area contributed by atoms with Crippen LogP contribution >= 0.6 is 11.3 Å². The molecule has 1 aliphatic heterocycles. The number of nitrogens with zero attached hydrogens (tertiary/aromatic N) is 2. The van der Waals surface area contributed by atoms with Gasteiger partial charge in [-0.25, -0.2) is 8.42 Å². The Morgan fingerprint density at radius 1 is 1.06 bits per heavy atom. The molecule has 1 aliphatic rings. The fraction of sp³-hybridized carbons (Fsp3) is 0.318. The SMILES string of the molecule is CC(C)c1ccc(-c2nnc(NC(=O)CCS(=O)(=O)c3ccc4c(c3)OCCO4)s2)cc1. The van der Waals surface area contributed by atoms with Crippen molar-refractivity contribution >= 4 is 32.2 Å². The van der Waals surface area contributed by atoms with Crippen LogP contribution in [0.2, 0.25) is 0 Å². The van der Waals surface area contributed by atoms with E-state index in [9.17, 15) is 13.2 Å². The number of hydrogen-bond acceptors (Lipinski definition) is 8. The molecule has 0 atom stereocenters. The second kappa shape index (κ2) is 9.25. The zero-order chi connectivity index (χ0) is 22.7. The van der Waals surface area contributed by atoms with Gasteiger partial charge in [-0.1, -0.05) is 49.4 Å². The van der Waals surface area contributed by atoms with Gasteiger partial charge in [0.05, 0.1) is 10.6 Å². The van der Waals surface area contributed by atoms with Crippen LogP contribution < -0.4 is 14.8 Å². The van der Waals surface area contributed by atoms with Gasteiger partial charge in [0, 0.05) is 18.1 Å². The molecule has 2 heterocycles. The molecule has 2 aromatic carbocycles. The van der Waals surface area contributed by atoms with Gasteiger partial charge in [0.25, 0.3) is 0 Å². The Hall–Kier alpha value is -2.98. The Labute approximate surface area is 190 Å². The van der Waals surface area contributed by atoms with Crippen LogP contribution in [0.1, 0.15) is 31.7 Å². The Morgan fingerprint density at radius 2 is 1.78 bits per heavy atom. The molecule has 0 spiro atoms. The molecule has 1 aromatic heterocycles. The van der Waals surface area contributed by atoms with Gasteiger partial charge in [0.15, 0.2) is 21.3 Å². The lowest BCUT2D eigenvalue weighted by molar-refractivity contribution is -0.115. The van der Waals surface area contributed by atoms with Crippen LogP contribution in [0.4, 0.5) is 5.13 Å². The number of amides is 1. The number of carbonyl (C=O) groups excluding carboxylic acids is 1. The van der Waals surface area contributed by atoms with Crippen LogP contribution in [-0.2, 0) is 14.6 Å². The van der Waals surface area contributed by atoms with Crippen molar-refractivity contribution < 1.29 is 22.7 Å². The van der Waals surface area contributed by atoms with Gasteiger partial charge in [-0.2, -0.15) is 0 Å². The summed E-state index contributed by atoms with van der Waals surface area (Å²) >= 11 is 1.24. The van der Waals surface area contributed by atoms with E-state index in [1.165, 1.54) is 29.0 Å². The predicted molar refractivity (Wildman–Crippen MR) is 122 cm³/mol. The number of carbonyl (C=O) groups is 1. The molecule has 0 bridgehead atoms. The third-order valence-corrected chi connectivity index (χ3v) is 7.57. The van der Waals surface area contributed by atoms with Crippen molar-refractivity contribution in [1.82, 2.24) is 10.2 Å². The molecule has 0 unspecified atom stereocenters. The van der Waals surface area contributed by atoms with E-state index in [0.29, 0.717) is 40.8 Å². The maximum Gasteiger partial charge on any atom is 0.227 e. The number of fused-ring (bicyclic) bond motifs is 1. The summed E-state index contributed by atoms with van der Waals surface area (Å²) in [5.41, 5.74) is 2.14. The number of rotatable bonds is 7. The van der Waals surface area contributed by atoms with Gasteiger partial charge in [0.2, 0.25) is 11.0 Å². The lowest BCUT2D eigenvalue weighted by Crippen LogP contribution is -2.18. The molecule has 32 heavy (non-hydrogen) atoms. The Morgan fingerprint density at radius 3 is 2.50 bits per heavy atom. The monoisotopic (exact) mass is 473 g/mol. The van der Waals surface area contributed by atoms with E-state index < -0.39 is 15.7 Å². The maximum atomic E-state index is 12.6. The van der Waals surface area contributed by atoms with Crippen molar-refractivity contribution in [1.29, 1.82) is 0 Å².